The van der Waals surface area contributed by atoms with Gasteiger partial charge in [-0.05, 0) is 19.3 Å². The summed E-state index contributed by atoms with van der Waals surface area (Å²) in [5.74, 6) is -0.708. The van der Waals surface area contributed by atoms with Gasteiger partial charge in [-0.25, -0.2) is 4.79 Å². The summed E-state index contributed by atoms with van der Waals surface area (Å²) in [4.78, 5) is 22.0. The number of rotatable bonds is 11. The highest BCUT2D eigenvalue weighted by Crippen LogP contribution is 2.06. The number of hydrogen-bond donors (Lipinski definition) is 2. The molecule has 0 aliphatic heterocycles. The van der Waals surface area contributed by atoms with Crippen LogP contribution in [0.5, 0.6) is 0 Å². The van der Waals surface area contributed by atoms with Gasteiger partial charge in [0.1, 0.15) is 12.7 Å². The predicted octanol–water partition coefficient (Wildman–Crippen LogP) is 0.953. The maximum Gasteiger partial charge on any atom is 0.330 e. The number of ether oxygens (including phenoxy) is 2. The van der Waals surface area contributed by atoms with Gasteiger partial charge in [0, 0.05) is 12.5 Å². The van der Waals surface area contributed by atoms with Crippen LogP contribution in [0.3, 0.4) is 0 Å². The summed E-state index contributed by atoms with van der Waals surface area (Å²) in [7, 11) is 1.38. The summed E-state index contributed by atoms with van der Waals surface area (Å²) in [6.07, 6.45) is 6.91. The highest BCUT2D eigenvalue weighted by atomic mass is 16.5. The van der Waals surface area contributed by atoms with Gasteiger partial charge in [0.15, 0.2) is 0 Å². The zero-order chi connectivity index (χ0) is 15.2. The molecule has 0 amide bonds. The van der Waals surface area contributed by atoms with Gasteiger partial charge in [-0.3, -0.25) is 4.79 Å². The molecule has 2 N–H and O–H groups in total. The van der Waals surface area contributed by atoms with E-state index in [1.165, 1.54) is 13.2 Å². The van der Waals surface area contributed by atoms with E-state index >= 15 is 0 Å². The van der Waals surface area contributed by atoms with E-state index in [4.69, 9.17) is 14.9 Å². The van der Waals surface area contributed by atoms with E-state index < -0.39 is 18.7 Å². The third-order valence-electron chi connectivity index (χ3n) is 2.61. The minimum atomic E-state index is -1.03. The molecule has 0 saturated heterocycles. The fourth-order valence-electron chi connectivity index (χ4n) is 1.45. The van der Waals surface area contributed by atoms with Crippen LogP contribution in [0.1, 0.15) is 38.5 Å². The Morgan fingerprint density at radius 2 is 1.90 bits per heavy atom. The molecule has 116 valence electrons. The van der Waals surface area contributed by atoms with Gasteiger partial charge in [0.05, 0.1) is 13.7 Å². The Morgan fingerprint density at radius 1 is 1.20 bits per heavy atom. The second-order valence-corrected chi connectivity index (χ2v) is 4.40. The zero-order valence-corrected chi connectivity index (χ0v) is 11.9. The molecular formula is C14H24O6. The highest BCUT2D eigenvalue weighted by molar-refractivity contribution is 5.81. The molecule has 0 fully saturated rings. The molecule has 0 spiro atoms. The Hall–Kier alpha value is -1.40. The average Bonchev–Trinajstić information content (AvgIpc) is 2.46. The van der Waals surface area contributed by atoms with Crippen molar-refractivity contribution in [3.63, 3.8) is 0 Å². The lowest BCUT2D eigenvalue weighted by Crippen LogP contribution is -2.21. The Balaban J connectivity index is 3.43. The SMILES string of the molecule is COC(=O)CCCCCC/C=C/C(=O)OC[C@@H](O)CO. The van der Waals surface area contributed by atoms with Crippen LogP contribution in [-0.2, 0) is 19.1 Å². The fraction of sp³-hybridized carbons (Fsp3) is 0.714. The molecule has 20 heavy (non-hydrogen) atoms. The Morgan fingerprint density at radius 3 is 2.55 bits per heavy atom. The van der Waals surface area contributed by atoms with Crippen molar-refractivity contribution in [3.05, 3.63) is 12.2 Å². The van der Waals surface area contributed by atoms with E-state index in [0.29, 0.717) is 6.42 Å². The lowest BCUT2D eigenvalue weighted by Gasteiger charge is -2.05. The molecule has 0 rings (SSSR count). The molecule has 0 unspecified atom stereocenters. The van der Waals surface area contributed by atoms with Gasteiger partial charge in [0.25, 0.3) is 0 Å². The number of aliphatic hydroxyl groups excluding tert-OH is 2. The van der Waals surface area contributed by atoms with E-state index in [-0.39, 0.29) is 12.6 Å². The molecule has 6 heteroatoms. The van der Waals surface area contributed by atoms with Gasteiger partial charge < -0.3 is 19.7 Å². The van der Waals surface area contributed by atoms with Crippen LogP contribution in [0, 0.1) is 0 Å². The maximum absolute atomic E-state index is 11.2. The number of unbranched alkanes of at least 4 members (excludes halogenated alkanes) is 4. The van der Waals surface area contributed by atoms with Gasteiger partial charge in [-0.2, -0.15) is 0 Å². The van der Waals surface area contributed by atoms with Crippen molar-refractivity contribution in [3.8, 4) is 0 Å². The highest BCUT2D eigenvalue weighted by Gasteiger charge is 2.04. The van der Waals surface area contributed by atoms with E-state index in [0.717, 1.165) is 32.1 Å². The third-order valence-corrected chi connectivity index (χ3v) is 2.61. The van der Waals surface area contributed by atoms with Gasteiger partial charge in [-0.1, -0.05) is 18.9 Å². The number of esters is 2. The second-order valence-electron chi connectivity index (χ2n) is 4.40. The van der Waals surface area contributed by atoms with E-state index in [1.807, 2.05) is 0 Å². The first-order chi connectivity index (χ1) is 9.60. The quantitative estimate of drug-likeness (QED) is 0.334. The molecular weight excluding hydrogens is 264 g/mol. The number of methoxy groups -OCH3 is 1. The summed E-state index contributed by atoms with van der Waals surface area (Å²) in [6, 6.07) is 0. The molecule has 0 aliphatic rings. The van der Waals surface area contributed by atoms with E-state index in [2.05, 4.69) is 4.74 Å². The first kappa shape index (κ1) is 18.6. The van der Waals surface area contributed by atoms with Crippen molar-refractivity contribution in [2.24, 2.45) is 0 Å². The number of carbonyl (C=O) groups excluding carboxylic acids is 2. The zero-order valence-electron chi connectivity index (χ0n) is 11.9. The molecule has 6 nitrogen and oxygen atoms in total. The van der Waals surface area contributed by atoms with Crippen molar-refractivity contribution >= 4 is 11.9 Å². The minimum absolute atomic E-state index is 0.183. The standard InChI is InChI=1S/C14H24O6/c1-19-13(17)8-6-4-2-3-5-7-9-14(18)20-11-12(16)10-15/h7,9,12,15-16H,2-6,8,10-11H2,1H3/b9-7+/t12-/m0/s1. The lowest BCUT2D eigenvalue weighted by atomic mass is 10.1. The molecule has 0 saturated carbocycles. The van der Waals surface area contributed by atoms with Gasteiger partial charge >= 0.3 is 11.9 Å². The van der Waals surface area contributed by atoms with Crippen LogP contribution in [0.25, 0.3) is 0 Å². The lowest BCUT2D eigenvalue weighted by molar-refractivity contribution is -0.142. The Kier molecular flexibility index (Phi) is 11.7. The summed E-state index contributed by atoms with van der Waals surface area (Å²) in [5.41, 5.74) is 0. The molecule has 0 aromatic carbocycles. The van der Waals surface area contributed by atoms with Crippen LogP contribution >= 0.6 is 0 Å². The van der Waals surface area contributed by atoms with Gasteiger partial charge in [-0.15, -0.1) is 0 Å². The fourth-order valence-corrected chi connectivity index (χ4v) is 1.45. The molecule has 1 atom stereocenters. The monoisotopic (exact) mass is 288 g/mol. The minimum Gasteiger partial charge on any atom is -0.469 e. The Labute approximate surface area is 119 Å². The van der Waals surface area contributed by atoms with Crippen LogP contribution < -0.4 is 0 Å². The van der Waals surface area contributed by atoms with Crippen molar-refractivity contribution in [2.75, 3.05) is 20.3 Å². The third kappa shape index (κ3) is 11.7. The van der Waals surface area contributed by atoms with Crippen LogP contribution in [0.4, 0.5) is 0 Å². The number of aliphatic hydroxyl groups is 2. The predicted molar refractivity (Wildman–Crippen MR) is 72.9 cm³/mol. The molecule has 0 heterocycles. The van der Waals surface area contributed by atoms with Crippen LogP contribution in [-0.4, -0.2) is 48.6 Å². The summed E-state index contributed by atoms with van der Waals surface area (Å²) >= 11 is 0. The van der Waals surface area contributed by atoms with Crippen molar-refractivity contribution in [1.82, 2.24) is 0 Å². The summed E-state index contributed by atoms with van der Waals surface area (Å²) in [5, 5.41) is 17.5. The summed E-state index contributed by atoms with van der Waals surface area (Å²) < 4.78 is 9.23. The largest absolute Gasteiger partial charge is 0.469 e. The van der Waals surface area contributed by atoms with Crippen molar-refractivity contribution in [1.29, 1.82) is 0 Å². The number of carbonyl (C=O) groups is 2. The molecule has 0 aromatic heterocycles. The first-order valence-corrected chi connectivity index (χ1v) is 6.79. The van der Waals surface area contributed by atoms with Crippen LogP contribution in [0.15, 0.2) is 12.2 Å². The van der Waals surface area contributed by atoms with E-state index in [9.17, 15) is 9.59 Å². The smallest absolute Gasteiger partial charge is 0.330 e. The molecule has 0 aromatic rings. The molecule has 0 radical (unpaired) electrons. The number of hydrogen-bond acceptors (Lipinski definition) is 6. The van der Waals surface area contributed by atoms with E-state index in [1.54, 1.807) is 6.08 Å². The molecule has 0 bridgehead atoms. The normalized spacial score (nSPS) is 12.3. The number of allylic oxidation sites excluding steroid dienone is 1. The molecule has 0 aliphatic carbocycles. The Bertz CT molecular complexity index is 300. The topological polar surface area (TPSA) is 93.1 Å². The second kappa shape index (κ2) is 12.6. The maximum atomic E-state index is 11.2. The first-order valence-electron chi connectivity index (χ1n) is 6.79. The average molecular weight is 288 g/mol. The van der Waals surface area contributed by atoms with Crippen LogP contribution in [0.2, 0.25) is 0 Å². The van der Waals surface area contributed by atoms with Crippen molar-refractivity contribution < 1.29 is 29.3 Å². The van der Waals surface area contributed by atoms with Gasteiger partial charge in [0.2, 0.25) is 0 Å². The van der Waals surface area contributed by atoms with Crippen molar-refractivity contribution in [2.45, 2.75) is 44.6 Å². The summed E-state index contributed by atoms with van der Waals surface area (Å²) in [6.45, 7) is -0.629.